The van der Waals surface area contributed by atoms with Crippen LogP contribution in [0.5, 0.6) is 11.5 Å². The smallest absolute Gasteiger partial charge is 0.248 e. The van der Waals surface area contributed by atoms with Crippen LogP contribution >= 0.6 is 11.6 Å². The van der Waals surface area contributed by atoms with Crippen LogP contribution in [0.4, 0.5) is 5.69 Å². The predicted octanol–water partition coefficient (Wildman–Crippen LogP) is 5.89. The molecule has 0 heterocycles. The summed E-state index contributed by atoms with van der Waals surface area (Å²) >= 11 is 6.09. The summed E-state index contributed by atoms with van der Waals surface area (Å²) < 4.78 is 11.3. The van der Waals surface area contributed by atoms with Crippen LogP contribution in [-0.2, 0) is 11.4 Å². The topological polar surface area (TPSA) is 47.6 Å². The van der Waals surface area contributed by atoms with Crippen molar-refractivity contribution < 1.29 is 14.3 Å². The van der Waals surface area contributed by atoms with E-state index in [0.717, 1.165) is 16.7 Å². The third-order valence-corrected chi connectivity index (χ3v) is 4.79. The number of hydrogen-bond acceptors (Lipinski definition) is 3. The maximum Gasteiger partial charge on any atom is 0.248 e. The van der Waals surface area contributed by atoms with Crippen LogP contribution in [0.25, 0.3) is 6.08 Å². The summed E-state index contributed by atoms with van der Waals surface area (Å²) in [5.74, 6) is 1.01. The summed E-state index contributed by atoms with van der Waals surface area (Å²) in [6.45, 7) is 2.31. The van der Waals surface area contributed by atoms with Gasteiger partial charge >= 0.3 is 0 Å². The van der Waals surface area contributed by atoms with E-state index in [9.17, 15) is 4.79 Å². The fourth-order valence-electron chi connectivity index (χ4n) is 2.73. The van der Waals surface area contributed by atoms with Crippen LogP contribution in [0.15, 0.2) is 72.8 Å². The van der Waals surface area contributed by atoms with Crippen LogP contribution in [0.2, 0.25) is 5.02 Å². The number of carbonyl (C=O) groups excluding carboxylic acids is 1. The Labute approximate surface area is 175 Å². The minimum Gasteiger partial charge on any atom is -0.493 e. The zero-order valence-electron chi connectivity index (χ0n) is 16.3. The number of carbonyl (C=O) groups is 1. The number of hydrogen-bond donors (Lipinski definition) is 1. The van der Waals surface area contributed by atoms with Crippen molar-refractivity contribution in [3.05, 3.63) is 94.5 Å². The van der Waals surface area contributed by atoms with Gasteiger partial charge in [-0.25, -0.2) is 0 Å². The van der Waals surface area contributed by atoms with Gasteiger partial charge in [-0.05, 0) is 54.0 Å². The van der Waals surface area contributed by atoms with Crippen molar-refractivity contribution in [3.63, 3.8) is 0 Å². The maximum absolute atomic E-state index is 12.2. The van der Waals surface area contributed by atoms with Gasteiger partial charge in [0.05, 0.1) is 7.11 Å². The molecule has 0 spiro atoms. The highest BCUT2D eigenvalue weighted by Crippen LogP contribution is 2.29. The maximum atomic E-state index is 12.2. The average Bonchev–Trinajstić information content (AvgIpc) is 2.75. The standard InChI is InChI=1S/C24H22ClNO3/c1-17-20(25)9-6-10-21(17)26-24(27)14-12-18-11-13-22(23(15-18)28-2)29-16-19-7-4-3-5-8-19/h3-15H,16H2,1-2H3,(H,26,27)/b14-12+. The second-order valence-corrected chi connectivity index (χ2v) is 6.83. The number of nitrogens with one attached hydrogen (secondary N) is 1. The highest BCUT2D eigenvalue weighted by atomic mass is 35.5. The second kappa shape index (κ2) is 9.80. The number of rotatable bonds is 7. The Kier molecular flexibility index (Phi) is 6.93. The van der Waals surface area contributed by atoms with Gasteiger partial charge in [0.25, 0.3) is 0 Å². The normalized spacial score (nSPS) is 10.7. The fraction of sp³-hybridized carbons (Fsp3) is 0.125. The molecule has 0 unspecified atom stereocenters. The van der Waals surface area contributed by atoms with Crippen LogP contribution in [0, 0.1) is 6.92 Å². The van der Waals surface area contributed by atoms with E-state index in [1.54, 1.807) is 25.3 Å². The summed E-state index contributed by atoms with van der Waals surface area (Å²) in [5.41, 5.74) is 3.42. The van der Waals surface area contributed by atoms with Crippen LogP contribution in [0.3, 0.4) is 0 Å². The molecule has 0 aliphatic rings. The van der Waals surface area contributed by atoms with Gasteiger partial charge in [0.15, 0.2) is 11.5 Å². The van der Waals surface area contributed by atoms with Gasteiger partial charge < -0.3 is 14.8 Å². The molecule has 148 valence electrons. The molecule has 0 saturated heterocycles. The van der Waals surface area contributed by atoms with Crippen molar-refractivity contribution >= 4 is 29.3 Å². The number of methoxy groups -OCH3 is 1. The molecular weight excluding hydrogens is 386 g/mol. The Hall–Kier alpha value is -3.24. The fourth-order valence-corrected chi connectivity index (χ4v) is 2.91. The number of anilines is 1. The van der Waals surface area contributed by atoms with Crippen LogP contribution in [-0.4, -0.2) is 13.0 Å². The summed E-state index contributed by atoms with van der Waals surface area (Å²) in [4.78, 5) is 12.2. The van der Waals surface area contributed by atoms with E-state index in [-0.39, 0.29) is 5.91 Å². The van der Waals surface area contributed by atoms with E-state index in [4.69, 9.17) is 21.1 Å². The molecular formula is C24H22ClNO3. The zero-order chi connectivity index (χ0) is 20.6. The molecule has 0 radical (unpaired) electrons. The summed E-state index contributed by atoms with van der Waals surface area (Å²) in [6, 6.07) is 20.9. The first-order chi connectivity index (χ1) is 14.1. The van der Waals surface area contributed by atoms with Gasteiger partial charge in [-0.2, -0.15) is 0 Å². The Morgan fingerprint density at radius 2 is 1.83 bits per heavy atom. The molecule has 0 bridgehead atoms. The van der Waals surface area contributed by atoms with Crippen molar-refractivity contribution in [2.24, 2.45) is 0 Å². The Bertz CT molecular complexity index is 1020. The van der Waals surface area contributed by atoms with Gasteiger partial charge in [-0.3, -0.25) is 4.79 Å². The molecule has 0 aromatic heterocycles. The van der Waals surface area contributed by atoms with Crippen molar-refractivity contribution in [2.45, 2.75) is 13.5 Å². The largest absolute Gasteiger partial charge is 0.493 e. The summed E-state index contributed by atoms with van der Waals surface area (Å²) in [7, 11) is 1.59. The van der Waals surface area contributed by atoms with Gasteiger partial charge in [-0.15, -0.1) is 0 Å². The lowest BCUT2D eigenvalue weighted by Gasteiger charge is -2.11. The van der Waals surface area contributed by atoms with Gasteiger partial charge in [0.2, 0.25) is 5.91 Å². The van der Waals surface area contributed by atoms with Crippen LogP contribution < -0.4 is 14.8 Å². The Balaban J connectivity index is 1.66. The summed E-state index contributed by atoms with van der Waals surface area (Å²) in [5, 5.41) is 3.45. The average molecular weight is 408 g/mol. The molecule has 1 N–H and O–H groups in total. The molecule has 0 fully saturated rings. The van der Waals surface area contributed by atoms with Crippen molar-refractivity contribution in [1.29, 1.82) is 0 Å². The molecule has 3 rings (SSSR count). The van der Waals surface area contributed by atoms with E-state index < -0.39 is 0 Å². The first-order valence-corrected chi connectivity index (χ1v) is 9.53. The first kappa shape index (κ1) is 20.5. The minimum atomic E-state index is -0.237. The van der Waals surface area contributed by atoms with E-state index >= 15 is 0 Å². The molecule has 0 saturated carbocycles. The molecule has 0 aliphatic heterocycles. The first-order valence-electron chi connectivity index (χ1n) is 9.16. The number of benzene rings is 3. The molecule has 5 heteroatoms. The van der Waals surface area contributed by atoms with Crippen LogP contribution in [0.1, 0.15) is 16.7 Å². The third-order valence-electron chi connectivity index (χ3n) is 4.38. The highest BCUT2D eigenvalue weighted by molar-refractivity contribution is 6.31. The lowest BCUT2D eigenvalue weighted by molar-refractivity contribution is -0.111. The van der Waals surface area contributed by atoms with Crippen molar-refractivity contribution in [2.75, 3.05) is 12.4 Å². The molecule has 0 aliphatic carbocycles. The molecule has 0 atom stereocenters. The predicted molar refractivity (Wildman–Crippen MR) is 118 cm³/mol. The third kappa shape index (κ3) is 5.62. The van der Waals surface area contributed by atoms with E-state index in [2.05, 4.69) is 5.32 Å². The van der Waals surface area contributed by atoms with Gasteiger partial charge in [-0.1, -0.05) is 54.1 Å². The number of halogens is 1. The highest BCUT2D eigenvalue weighted by Gasteiger charge is 2.07. The lowest BCUT2D eigenvalue weighted by Crippen LogP contribution is -2.09. The Morgan fingerprint density at radius 3 is 2.59 bits per heavy atom. The van der Waals surface area contributed by atoms with E-state index in [1.165, 1.54) is 6.08 Å². The van der Waals surface area contributed by atoms with Crippen molar-refractivity contribution in [3.8, 4) is 11.5 Å². The molecule has 3 aromatic rings. The second-order valence-electron chi connectivity index (χ2n) is 6.42. The van der Waals surface area contributed by atoms with Crippen molar-refractivity contribution in [1.82, 2.24) is 0 Å². The summed E-state index contributed by atoms with van der Waals surface area (Å²) in [6.07, 6.45) is 3.19. The SMILES string of the molecule is COc1cc(/C=C/C(=O)Nc2cccc(Cl)c2C)ccc1OCc1ccccc1. The number of ether oxygens (including phenoxy) is 2. The Morgan fingerprint density at radius 1 is 1.03 bits per heavy atom. The molecule has 1 amide bonds. The minimum absolute atomic E-state index is 0.237. The molecule has 29 heavy (non-hydrogen) atoms. The quantitative estimate of drug-likeness (QED) is 0.497. The lowest BCUT2D eigenvalue weighted by atomic mass is 10.1. The van der Waals surface area contributed by atoms with E-state index in [1.807, 2.05) is 61.5 Å². The number of amides is 1. The van der Waals surface area contributed by atoms with Gasteiger partial charge in [0, 0.05) is 16.8 Å². The molecule has 3 aromatic carbocycles. The van der Waals surface area contributed by atoms with Gasteiger partial charge in [0.1, 0.15) is 6.61 Å². The van der Waals surface area contributed by atoms with E-state index in [0.29, 0.717) is 28.8 Å². The molecule has 4 nitrogen and oxygen atoms in total. The zero-order valence-corrected chi connectivity index (χ0v) is 17.1. The monoisotopic (exact) mass is 407 g/mol.